The lowest BCUT2D eigenvalue weighted by molar-refractivity contribution is -0.144. The van der Waals surface area contributed by atoms with E-state index in [1.807, 2.05) is 0 Å². The summed E-state index contributed by atoms with van der Waals surface area (Å²) in [6.45, 7) is 1.87. The number of benzene rings is 2. The summed E-state index contributed by atoms with van der Waals surface area (Å²) in [6, 6.07) is 12.0. The summed E-state index contributed by atoms with van der Waals surface area (Å²) in [5, 5.41) is 0.496. The first-order valence-electron chi connectivity index (χ1n) is 7.49. The van der Waals surface area contributed by atoms with Gasteiger partial charge in [0, 0.05) is 11.4 Å². The summed E-state index contributed by atoms with van der Waals surface area (Å²) in [5.41, 5.74) is 1.17. The second-order valence-electron chi connectivity index (χ2n) is 5.36. The summed E-state index contributed by atoms with van der Waals surface area (Å²) < 4.78 is 32.4. The van der Waals surface area contributed by atoms with E-state index in [1.165, 1.54) is 12.1 Å². The van der Waals surface area contributed by atoms with Gasteiger partial charge in [-0.05, 0) is 42.8 Å². The lowest BCUT2D eigenvalue weighted by Crippen LogP contribution is -2.43. The minimum Gasteiger partial charge on any atom is -0.464 e. The molecule has 0 saturated heterocycles. The van der Waals surface area contributed by atoms with Crippen molar-refractivity contribution in [3.8, 4) is 0 Å². The van der Waals surface area contributed by atoms with E-state index in [2.05, 4.69) is 0 Å². The number of nitrogens with zero attached hydrogens (tertiary/aromatic N) is 1. The number of esters is 1. The standard InChI is InChI=1S/C17H16ClNO4S/c1-2-23-17(20)16-11-12-10-13(18)8-9-15(12)19(16)24(21,22)14-6-4-3-5-7-14/h3-10,16H,2,11H2,1H3. The highest BCUT2D eigenvalue weighted by Gasteiger charge is 2.43. The molecule has 5 nitrogen and oxygen atoms in total. The first-order valence-corrected chi connectivity index (χ1v) is 9.31. The van der Waals surface area contributed by atoms with Gasteiger partial charge in [0.25, 0.3) is 10.0 Å². The van der Waals surface area contributed by atoms with Gasteiger partial charge in [-0.25, -0.2) is 13.2 Å². The molecule has 24 heavy (non-hydrogen) atoms. The number of halogens is 1. The Balaban J connectivity index is 2.12. The smallest absolute Gasteiger partial charge is 0.330 e. The Labute approximate surface area is 145 Å². The van der Waals surface area contributed by atoms with Crippen LogP contribution >= 0.6 is 11.6 Å². The molecule has 1 heterocycles. The van der Waals surface area contributed by atoms with E-state index in [1.54, 1.807) is 43.3 Å². The monoisotopic (exact) mass is 365 g/mol. The summed E-state index contributed by atoms with van der Waals surface area (Å²) in [7, 11) is -3.89. The Kier molecular flexibility index (Phi) is 4.51. The molecule has 1 aliphatic heterocycles. The van der Waals surface area contributed by atoms with E-state index in [0.717, 1.165) is 4.31 Å². The van der Waals surface area contributed by atoms with Gasteiger partial charge in [-0.3, -0.25) is 4.31 Å². The number of carbonyl (C=O) groups is 1. The highest BCUT2D eigenvalue weighted by Crippen LogP contribution is 2.38. The fraction of sp³-hybridized carbons (Fsp3) is 0.235. The molecule has 1 aliphatic rings. The van der Waals surface area contributed by atoms with Crippen LogP contribution in [0, 0.1) is 0 Å². The summed E-state index contributed by atoms with van der Waals surface area (Å²) in [6.07, 6.45) is 0.237. The number of rotatable bonds is 4. The van der Waals surface area contributed by atoms with Crippen LogP contribution in [-0.2, 0) is 26.0 Å². The molecular weight excluding hydrogens is 350 g/mol. The van der Waals surface area contributed by atoms with Crippen molar-refractivity contribution in [2.75, 3.05) is 10.9 Å². The molecule has 2 aromatic rings. The molecule has 1 unspecified atom stereocenters. The number of sulfonamides is 1. The van der Waals surface area contributed by atoms with Crippen LogP contribution < -0.4 is 4.31 Å². The van der Waals surface area contributed by atoms with Crippen molar-refractivity contribution in [3.05, 3.63) is 59.1 Å². The van der Waals surface area contributed by atoms with Crippen molar-refractivity contribution in [2.45, 2.75) is 24.3 Å². The van der Waals surface area contributed by atoms with E-state index < -0.39 is 22.0 Å². The zero-order chi connectivity index (χ0) is 17.3. The molecule has 0 amide bonds. The molecule has 0 aromatic heterocycles. The van der Waals surface area contributed by atoms with Crippen LogP contribution in [0.4, 0.5) is 5.69 Å². The number of carbonyl (C=O) groups excluding carboxylic acids is 1. The van der Waals surface area contributed by atoms with Crippen LogP contribution in [0.3, 0.4) is 0 Å². The van der Waals surface area contributed by atoms with Gasteiger partial charge in [0.05, 0.1) is 17.2 Å². The fourth-order valence-electron chi connectivity index (χ4n) is 2.81. The van der Waals surface area contributed by atoms with Gasteiger partial charge in [0.15, 0.2) is 0 Å². The quantitative estimate of drug-likeness (QED) is 0.781. The first kappa shape index (κ1) is 16.8. The van der Waals surface area contributed by atoms with E-state index >= 15 is 0 Å². The van der Waals surface area contributed by atoms with Crippen LogP contribution in [0.15, 0.2) is 53.4 Å². The van der Waals surface area contributed by atoms with Crippen molar-refractivity contribution < 1.29 is 17.9 Å². The Morgan fingerprint density at radius 2 is 1.96 bits per heavy atom. The second-order valence-corrected chi connectivity index (χ2v) is 7.61. The molecular formula is C17H16ClNO4S. The minimum absolute atomic E-state index is 0.127. The molecule has 126 valence electrons. The largest absolute Gasteiger partial charge is 0.464 e. The molecule has 0 fully saturated rings. The van der Waals surface area contributed by atoms with Crippen molar-refractivity contribution in [1.82, 2.24) is 0 Å². The maximum absolute atomic E-state index is 13.1. The molecule has 1 atom stereocenters. The Morgan fingerprint density at radius 3 is 2.62 bits per heavy atom. The average Bonchev–Trinajstić information content (AvgIpc) is 2.95. The highest BCUT2D eigenvalue weighted by atomic mass is 35.5. The topological polar surface area (TPSA) is 63.7 Å². The second kappa shape index (κ2) is 6.45. The van der Waals surface area contributed by atoms with Gasteiger partial charge in [0.1, 0.15) is 6.04 Å². The van der Waals surface area contributed by atoms with Crippen molar-refractivity contribution in [2.24, 2.45) is 0 Å². The molecule has 7 heteroatoms. The molecule has 2 aromatic carbocycles. The Bertz CT molecular complexity index is 867. The Hall–Kier alpha value is -2.05. The van der Waals surface area contributed by atoms with Crippen molar-refractivity contribution >= 4 is 33.3 Å². The van der Waals surface area contributed by atoms with Crippen molar-refractivity contribution in [1.29, 1.82) is 0 Å². The summed E-state index contributed by atoms with van der Waals surface area (Å²) in [5.74, 6) is -0.565. The van der Waals surface area contributed by atoms with E-state index in [9.17, 15) is 13.2 Å². The predicted octanol–water partition coefficient (Wildman–Crippen LogP) is 3.02. The van der Waals surface area contributed by atoms with Crippen LogP contribution in [0.25, 0.3) is 0 Å². The SMILES string of the molecule is CCOC(=O)C1Cc2cc(Cl)ccc2N1S(=O)(=O)c1ccccc1. The van der Waals surface area contributed by atoms with Gasteiger partial charge >= 0.3 is 5.97 Å². The number of hydrogen-bond acceptors (Lipinski definition) is 4. The number of hydrogen-bond donors (Lipinski definition) is 0. The molecule has 3 rings (SSSR count). The van der Waals surface area contributed by atoms with Gasteiger partial charge < -0.3 is 4.74 Å². The zero-order valence-electron chi connectivity index (χ0n) is 13.0. The maximum atomic E-state index is 13.1. The third-order valence-electron chi connectivity index (χ3n) is 3.83. The zero-order valence-corrected chi connectivity index (χ0v) is 14.5. The molecule has 0 bridgehead atoms. The van der Waals surface area contributed by atoms with Gasteiger partial charge in [0.2, 0.25) is 0 Å². The van der Waals surface area contributed by atoms with Gasteiger partial charge in [-0.15, -0.1) is 0 Å². The van der Waals surface area contributed by atoms with Gasteiger partial charge in [-0.2, -0.15) is 0 Å². The Morgan fingerprint density at radius 1 is 1.25 bits per heavy atom. The first-order chi connectivity index (χ1) is 11.4. The maximum Gasteiger partial charge on any atom is 0.330 e. The normalized spacial score (nSPS) is 16.8. The lowest BCUT2D eigenvalue weighted by atomic mass is 10.1. The van der Waals surface area contributed by atoms with Crippen LogP contribution in [0.2, 0.25) is 5.02 Å². The van der Waals surface area contributed by atoms with E-state index in [-0.39, 0.29) is 17.9 Å². The summed E-state index contributed by atoms with van der Waals surface area (Å²) in [4.78, 5) is 12.5. The number of fused-ring (bicyclic) bond motifs is 1. The van der Waals surface area contributed by atoms with Gasteiger partial charge in [-0.1, -0.05) is 29.8 Å². The minimum atomic E-state index is -3.89. The third-order valence-corrected chi connectivity index (χ3v) is 5.91. The molecule has 0 spiro atoms. The van der Waals surface area contributed by atoms with E-state index in [4.69, 9.17) is 16.3 Å². The molecule has 0 aliphatic carbocycles. The van der Waals surface area contributed by atoms with Crippen LogP contribution in [0.5, 0.6) is 0 Å². The predicted molar refractivity (Wildman–Crippen MR) is 91.7 cm³/mol. The summed E-state index contributed by atoms with van der Waals surface area (Å²) >= 11 is 6.01. The number of anilines is 1. The van der Waals surface area contributed by atoms with E-state index in [0.29, 0.717) is 16.3 Å². The fourth-order valence-corrected chi connectivity index (χ4v) is 4.67. The lowest BCUT2D eigenvalue weighted by Gasteiger charge is -2.25. The molecule has 0 radical (unpaired) electrons. The molecule has 0 saturated carbocycles. The van der Waals surface area contributed by atoms with Crippen LogP contribution in [-0.4, -0.2) is 27.0 Å². The highest BCUT2D eigenvalue weighted by molar-refractivity contribution is 7.93. The number of ether oxygens (including phenoxy) is 1. The van der Waals surface area contributed by atoms with Crippen molar-refractivity contribution in [3.63, 3.8) is 0 Å². The third kappa shape index (κ3) is 2.87. The van der Waals surface area contributed by atoms with Crippen LogP contribution in [0.1, 0.15) is 12.5 Å². The average molecular weight is 366 g/mol. The molecule has 0 N–H and O–H groups in total.